The Morgan fingerprint density at radius 2 is 2.14 bits per heavy atom. The van der Waals surface area contributed by atoms with Crippen LogP contribution in [0.4, 0.5) is 0 Å². The first kappa shape index (κ1) is 20.6. The second-order valence-corrected chi connectivity index (χ2v) is 8.30. The van der Waals surface area contributed by atoms with E-state index in [2.05, 4.69) is 43.9 Å². The number of nitrogens with zero attached hydrogens (tertiary/aromatic N) is 3. The Labute approximate surface area is 172 Å². The maximum absolute atomic E-state index is 5.28. The number of nitrogens with one attached hydrogen (secondary N) is 2. The van der Waals surface area contributed by atoms with E-state index in [4.69, 9.17) is 4.74 Å². The van der Waals surface area contributed by atoms with E-state index in [1.165, 1.54) is 24.1 Å². The van der Waals surface area contributed by atoms with Crippen LogP contribution in [0.1, 0.15) is 29.1 Å². The molecule has 28 heavy (non-hydrogen) atoms. The summed E-state index contributed by atoms with van der Waals surface area (Å²) in [6.45, 7) is 7.01. The number of methoxy groups -OCH3 is 1. The molecule has 0 saturated carbocycles. The predicted octanol–water partition coefficient (Wildman–Crippen LogP) is 3.04. The fourth-order valence-electron chi connectivity index (χ4n) is 3.49. The van der Waals surface area contributed by atoms with Gasteiger partial charge < -0.3 is 15.4 Å². The number of ether oxygens (including phenoxy) is 1. The van der Waals surface area contributed by atoms with Crippen molar-refractivity contribution >= 4 is 17.3 Å². The van der Waals surface area contributed by atoms with Crippen molar-refractivity contribution in [3.8, 4) is 5.75 Å². The number of thiazole rings is 1. The zero-order chi connectivity index (χ0) is 19.8. The Balaban J connectivity index is 1.37. The topological polar surface area (TPSA) is 61.8 Å². The van der Waals surface area contributed by atoms with E-state index in [9.17, 15) is 0 Å². The van der Waals surface area contributed by atoms with Gasteiger partial charge in [-0.3, -0.25) is 9.89 Å². The summed E-state index contributed by atoms with van der Waals surface area (Å²) in [5, 5.41) is 10.2. The second kappa shape index (κ2) is 10.4. The molecule has 0 bridgehead atoms. The smallest absolute Gasteiger partial charge is 0.191 e. The van der Waals surface area contributed by atoms with Crippen molar-refractivity contribution in [1.82, 2.24) is 20.5 Å². The molecule has 0 amide bonds. The predicted molar refractivity (Wildman–Crippen MR) is 116 cm³/mol. The lowest BCUT2D eigenvalue weighted by Crippen LogP contribution is -2.42. The van der Waals surface area contributed by atoms with Crippen LogP contribution in [0.3, 0.4) is 0 Å². The van der Waals surface area contributed by atoms with E-state index in [0.29, 0.717) is 5.92 Å². The standard InChI is InChI=1S/C21H31N5OS/c1-16-25-19(15-28-16)14-26-9-7-17(8-10-26)12-23-21(22-2)24-13-18-5-4-6-20(11-18)27-3/h4-6,11,15,17H,7-10,12-14H2,1-3H3,(H2,22,23,24). The lowest BCUT2D eigenvalue weighted by molar-refractivity contribution is 0.176. The monoisotopic (exact) mass is 401 g/mol. The number of guanidine groups is 1. The fraction of sp³-hybridized carbons (Fsp3) is 0.524. The highest BCUT2D eigenvalue weighted by Gasteiger charge is 2.20. The van der Waals surface area contributed by atoms with Gasteiger partial charge in [0.2, 0.25) is 0 Å². The van der Waals surface area contributed by atoms with Crippen LogP contribution in [0.2, 0.25) is 0 Å². The molecule has 3 rings (SSSR count). The minimum absolute atomic E-state index is 0.684. The molecule has 1 fully saturated rings. The van der Waals surface area contributed by atoms with Gasteiger partial charge in [0.1, 0.15) is 5.75 Å². The fourth-order valence-corrected chi connectivity index (χ4v) is 4.09. The lowest BCUT2D eigenvalue weighted by Gasteiger charge is -2.31. The highest BCUT2D eigenvalue weighted by atomic mass is 32.1. The average Bonchev–Trinajstić information content (AvgIpc) is 3.14. The second-order valence-electron chi connectivity index (χ2n) is 7.24. The largest absolute Gasteiger partial charge is 0.497 e. The molecule has 0 spiro atoms. The van der Waals surface area contributed by atoms with Crippen LogP contribution < -0.4 is 15.4 Å². The Morgan fingerprint density at radius 1 is 1.32 bits per heavy atom. The first-order chi connectivity index (χ1) is 13.7. The van der Waals surface area contributed by atoms with E-state index in [-0.39, 0.29) is 0 Å². The Bertz CT molecular complexity index is 768. The number of piperidine rings is 1. The summed E-state index contributed by atoms with van der Waals surface area (Å²) in [7, 11) is 3.51. The molecule has 7 heteroatoms. The third-order valence-electron chi connectivity index (χ3n) is 5.14. The van der Waals surface area contributed by atoms with E-state index in [0.717, 1.165) is 49.4 Å². The van der Waals surface area contributed by atoms with Crippen LogP contribution in [0.25, 0.3) is 0 Å². The quantitative estimate of drug-likeness (QED) is 0.552. The van der Waals surface area contributed by atoms with Crippen molar-refractivity contribution in [1.29, 1.82) is 0 Å². The first-order valence-electron chi connectivity index (χ1n) is 9.87. The molecule has 1 aliphatic heterocycles. The molecule has 152 valence electrons. The van der Waals surface area contributed by atoms with Crippen LogP contribution in [-0.2, 0) is 13.1 Å². The van der Waals surface area contributed by atoms with Crippen molar-refractivity contribution in [3.05, 3.63) is 45.9 Å². The van der Waals surface area contributed by atoms with Crippen molar-refractivity contribution < 1.29 is 4.74 Å². The van der Waals surface area contributed by atoms with Crippen LogP contribution in [0.5, 0.6) is 5.75 Å². The molecule has 6 nitrogen and oxygen atoms in total. The van der Waals surface area contributed by atoms with Gasteiger partial charge in [-0.15, -0.1) is 11.3 Å². The Hall–Kier alpha value is -2.12. The summed E-state index contributed by atoms with van der Waals surface area (Å²) < 4.78 is 5.28. The summed E-state index contributed by atoms with van der Waals surface area (Å²) in [6, 6.07) is 8.09. The summed E-state index contributed by atoms with van der Waals surface area (Å²) >= 11 is 1.74. The van der Waals surface area contributed by atoms with Gasteiger partial charge in [-0.2, -0.15) is 0 Å². The third-order valence-corrected chi connectivity index (χ3v) is 5.96. The molecule has 1 aromatic carbocycles. The van der Waals surface area contributed by atoms with E-state index >= 15 is 0 Å². The SMILES string of the molecule is CN=C(NCc1cccc(OC)c1)NCC1CCN(Cc2csc(C)n2)CC1. The number of hydrogen-bond donors (Lipinski definition) is 2. The van der Waals surface area contributed by atoms with Crippen molar-refractivity contribution in [2.24, 2.45) is 10.9 Å². The normalized spacial score (nSPS) is 16.2. The summed E-state index contributed by atoms with van der Waals surface area (Å²) in [6.07, 6.45) is 2.42. The highest BCUT2D eigenvalue weighted by molar-refractivity contribution is 7.09. The van der Waals surface area contributed by atoms with Gasteiger partial charge in [0.25, 0.3) is 0 Å². The summed E-state index contributed by atoms with van der Waals surface area (Å²) in [5.41, 5.74) is 2.38. The minimum atomic E-state index is 0.684. The van der Waals surface area contributed by atoms with E-state index in [1.807, 2.05) is 25.2 Å². The highest BCUT2D eigenvalue weighted by Crippen LogP contribution is 2.19. The molecular formula is C21H31N5OS. The average molecular weight is 402 g/mol. The number of aryl methyl sites for hydroxylation is 1. The van der Waals surface area contributed by atoms with Crippen LogP contribution in [0.15, 0.2) is 34.6 Å². The molecule has 1 aliphatic rings. The third kappa shape index (κ3) is 6.21. The molecule has 2 heterocycles. The van der Waals surface area contributed by atoms with Crippen LogP contribution >= 0.6 is 11.3 Å². The molecule has 2 aromatic rings. The number of aromatic nitrogens is 1. The van der Waals surface area contributed by atoms with Gasteiger partial charge in [0, 0.05) is 32.1 Å². The number of aliphatic imine (C=N–C) groups is 1. The molecule has 1 saturated heterocycles. The van der Waals surface area contributed by atoms with Crippen molar-refractivity contribution in [2.75, 3.05) is 33.8 Å². The van der Waals surface area contributed by atoms with Gasteiger partial charge in [0.05, 0.1) is 17.8 Å². The van der Waals surface area contributed by atoms with Gasteiger partial charge in [-0.1, -0.05) is 12.1 Å². The molecule has 2 N–H and O–H groups in total. The summed E-state index contributed by atoms with van der Waals surface area (Å²) in [4.78, 5) is 11.4. The van der Waals surface area contributed by atoms with Gasteiger partial charge >= 0.3 is 0 Å². The molecule has 0 aliphatic carbocycles. The molecule has 1 aromatic heterocycles. The number of hydrogen-bond acceptors (Lipinski definition) is 5. The minimum Gasteiger partial charge on any atom is -0.497 e. The number of benzene rings is 1. The lowest BCUT2D eigenvalue weighted by atomic mass is 9.97. The molecule has 0 radical (unpaired) electrons. The Morgan fingerprint density at radius 3 is 2.82 bits per heavy atom. The van der Waals surface area contributed by atoms with Gasteiger partial charge in [-0.25, -0.2) is 4.98 Å². The van der Waals surface area contributed by atoms with Crippen LogP contribution in [0, 0.1) is 12.8 Å². The van der Waals surface area contributed by atoms with Crippen molar-refractivity contribution in [3.63, 3.8) is 0 Å². The summed E-state index contributed by atoms with van der Waals surface area (Å²) in [5.74, 6) is 2.41. The number of rotatable bonds is 7. The van der Waals surface area contributed by atoms with Gasteiger partial charge in [-0.05, 0) is 56.5 Å². The van der Waals surface area contributed by atoms with E-state index < -0.39 is 0 Å². The van der Waals surface area contributed by atoms with E-state index in [1.54, 1.807) is 18.4 Å². The Kier molecular flexibility index (Phi) is 7.68. The van der Waals surface area contributed by atoms with Crippen molar-refractivity contribution in [2.45, 2.75) is 32.9 Å². The first-order valence-corrected chi connectivity index (χ1v) is 10.7. The molecule has 0 atom stereocenters. The van der Waals surface area contributed by atoms with Gasteiger partial charge in [0.15, 0.2) is 5.96 Å². The molecule has 0 unspecified atom stereocenters. The number of likely N-dealkylation sites (tertiary alicyclic amines) is 1. The maximum Gasteiger partial charge on any atom is 0.191 e. The zero-order valence-corrected chi connectivity index (χ0v) is 17.9. The zero-order valence-electron chi connectivity index (χ0n) is 17.1. The maximum atomic E-state index is 5.28. The van der Waals surface area contributed by atoms with Crippen LogP contribution in [-0.4, -0.2) is 49.6 Å². The molecular weight excluding hydrogens is 370 g/mol.